The number of benzene rings is 3. The lowest BCUT2D eigenvalue weighted by Gasteiger charge is -2.10. The maximum atomic E-state index is 12.6. The van der Waals surface area contributed by atoms with E-state index in [1.165, 1.54) is 0 Å². The molecule has 0 saturated carbocycles. The summed E-state index contributed by atoms with van der Waals surface area (Å²) >= 11 is 5.91. The number of anilines is 3. The average molecular weight is 486 g/mol. The molecule has 9 nitrogen and oxygen atoms in total. The number of nitriles is 1. The van der Waals surface area contributed by atoms with Gasteiger partial charge in [-0.15, -0.1) is 0 Å². The van der Waals surface area contributed by atoms with Crippen LogP contribution >= 0.6 is 11.6 Å². The lowest BCUT2D eigenvalue weighted by Crippen LogP contribution is -2.16. The molecule has 3 aromatic carbocycles. The van der Waals surface area contributed by atoms with Crippen LogP contribution in [0.4, 0.5) is 17.3 Å². The molecule has 1 aromatic heterocycles. The molecule has 0 atom stereocenters. The second kappa shape index (κ2) is 9.21. The Kier molecular flexibility index (Phi) is 5.79. The lowest BCUT2D eigenvalue weighted by atomic mass is 10.1. The first kappa shape index (κ1) is 22.0. The molecule has 0 aliphatic carbocycles. The first-order valence-corrected chi connectivity index (χ1v) is 10.8. The van der Waals surface area contributed by atoms with Crippen molar-refractivity contribution < 1.29 is 14.3 Å². The second-order valence-electron chi connectivity index (χ2n) is 7.48. The maximum Gasteiger partial charge on any atom is 0.270 e. The quantitative estimate of drug-likeness (QED) is 0.374. The van der Waals surface area contributed by atoms with E-state index < -0.39 is 5.56 Å². The van der Waals surface area contributed by atoms with Crippen LogP contribution in [0.1, 0.15) is 15.9 Å². The first-order valence-electron chi connectivity index (χ1n) is 10.4. The molecule has 0 fully saturated rings. The molecule has 0 saturated heterocycles. The number of nitrogens with one attached hydrogen (secondary N) is 3. The number of halogens is 1. The number of rotatable bonds is 5. The van der Waals surface area contributed by atoms with Gasteiger partial charge in [-0.2, -0.15) is 5.26 Å². The Bertz CT molecular complexity index is 1530. The van der Waals surface area contributed by atoms with Gasteiger partial charge in [-0.3, -0.25) is 14.6 Å². The van der Waals surface area contributed by atoms with Crippen LogP contribution in [0.2, 0.25) is 5.02 Å². The van der Waals surface area contributed by atoms with Gasteiger partial charge < -0.3 is 20.1 Å². The molecule has 0 spiro atoms. The third kappa shape index (κ3) is 4.64. The van der Waals surface area contributed by atoms with E-state index >= 15 is 0 Å². The second-order valence-corrected chi connectivity index (χ2v) is 7.92. The number of carbonyl (C=O) groups excluding carboxylic acids is 1. The molecular formula is C25H16ClN5O4. The molecule has 172 valence electrons. The van der Waals surface area contributed by atoms with Gasteiger partial charge in [0.15, 0.2) is 11.5 Å². The minimum Gasteiger partial charge on any atom is -0.454 e. The van der Waals surface area contributed by atoms with Gasteiger partial charge in [-0.1, -0.05) is 23.7 Å². The number of amides is 1. The summed E-state index contributed by atoms with van der Waals surface area (Å²) in [6.07, 6.45) is 0. The maximum absolute atomic E-state index is 12.6. The fourth-order valence-electron chi connectivity index (χ4n) is 3.47. The molecular weight excluding hydrogens is 470 g/mol. The summed E-state index contributed by atoms with van der Waals surface area (Å²) in [6, 6.07) is 20.4. The highest BCUT2D eigenvalue weighted by Crippen LogP contribution is 2.32. The van der Waals surface area contributed by atoms with Gasteiger partial charge in [-0.05, 0) is 54.6 Å². The average Bonchev–Trinajstić information content (AvgIpc) is 3.34. The number of aromatic amines is 1. The zero-order valence-electron chi connectivity index (χ0n) is 18.0. The molecule has 4 aromatic rings. The summed E-state index contributed by atoms with van der Waals surface area (Å²) in [5.74, 6) is 0.957. The van der Waals surface area contributed by atoms with Crippen LogP contribution in [0.5, 0.6) is 11.5 Å². The third-order valence-corrected chi connectivity index (χ3v) is 5.44. The topological polar surface area (TPSA) is 129 Å². The van der Waals surface area contributed by atoms with Crippen molar-refractivity contribution in [3.8, 4) is 28.8 Å². The van der Waals surface area contributed by atoms with Gasteiger partial charge in [-0.25, -0.2) is 4.98 Å². The number of aromatic nitrogens is 2. The van der Waals surface area contributed by atoms with Gasteiger partial charge in [0.05, 0.1) is 5.69 Å². The van der Waals surface area contributed by atoms with Crippen molar-refractivity contribution in [1.82, 2.24) is 9.97 Å². The summed E-state index contributed by atoms with van der Waals surface area (Å²) in [7, 11) is 0. The standard InChI is InChI=1S/C25H16ClN5O4/c26-16-4-8-18(9-5-16)29-25-30-22(19(12-27)24(33)31-25)14-1-6-17(7-2-14)28-23(32)15-3-10-20-21(11-15)35-13-34-20/h1-11H,13H2,(H,28,32)(H2,29,30,31,33). The number of hydrogen-bond donors (Lipinski definition) is 3. The van der Waals surface area contributed by atoms with E-state index in [0.29, 0.717) is 39.0 Å². The zero-order chi connectivity index (χ0) is 24.4. The van der Waals surface area contributed by atoms with E-state index in [2.05, 4.69) is 20.6 Å². The van der Waals surface area contributed by atoms with Crippen molar-refractivity contribution >= 4 is 34.8 Å². The summed E-state index contributed by atoms with van der Waals surface area (Å²) < 4.78 is 10.6. The molecule has 2 heterocycles. The smallest absolute Gasteiger partial charge is 0.270 e. The molecule has 0 radical (unpaired) electrons. The molecule has 0 unspecified atom stereocenters. The largest absolute Gasteiger partial charge is 0.454 e. The minimum atomic E-state index is -0.575. The number of nitrogens with zero attached hydrogens (tertiary/aromatic N) is 2. The van der Waals surface area contributed by atoms with Crippen molar-refractivity contribution in [3.05, 3.63) is 93.2 Å². The molecule has 5 rings (SSSR count). The van der Waals surface area contributed by atoms with Crippen molar-refractivity contribution in [3.63, 3.8) is 0 Å². The van der Waals surface area contributed by atoms with Gasteiger partial charge in [0.25, 0.3) is 11.5 Å². The van der Waals surface area contributed by atoms with Crippen LogP contribution in [-0.4, -0.2) is 22.7 Å². The van der Waals surface area contributed by atoms with Crippen LogP contribution in [0.3, 0.4) is 0 Å². The molecule has 1 aliphatic rings. The van der Waals surface area contributed by atoms with Gasteiger partial charge in [0.2, 0.25) is 12.7 Å². The summed E-state index contributed by atoms with van der Waals surface area (Å²) in [6.45, 7) is 0.125. The number of fused-ring (bicyclic) bond motifs is 1. The number of ether oxygens (including phenoxy) is 2. The Morgan fingerprint density at radius 1 is 1.00 bits per heavy atom. The van der Waals surface area contributed by atoms with Gasteiger partial charge in [0.1, 0.15) is 11.6 Å². The van der Waals surface area contributed by atoms with E-state index in [9.17, 15) is 14.9 Å². The van der Waals surface area contributed by atoms with E-state index in [0.717, 1.165) is 0 Å². The van der Waals surface area contributed by atoms with E-state index in [1.807, 2.05) is 6.07 Å². The summed E-state index contributed by atoms with van der Waals surface area (Å²) in [4.78, 5) is 32.1. The molecule has 10 heteroatoms. The SMILES string of the molecule is N#Cc1c(-c2ccc(NC(=O)c3ccc4c(c3)OCO4)cc2)nc(Nc2ccc(Cl)cc2)[nH]c1=O. The monoisotopic (exact) mass is 485 g/mol. The predicted molar refractivity (Wildman–Crippen MR) is 130 cm³/mol. The van der Waals surface area contributed by atoms with Gasteiger partial charge >= 0.3 is 0 Å². The van der Waals surface area contributed by atoms with E-state index in [4.69, 9.17) is 21.1 Å². The van der Waals surface area contributed by atoms with Crippen molar-refractivity contribution in [2.75, 3.05) is 17.4 Å². The molecule has 1 aliphatic heterocycles. The Balaban J connectivity index is 1.38. The van der Waals surface area contributed by atoms with Crippen molar-refractivity contribution in [2.45, 2.75) is 0 Å². The molecule has 35 heavy (non-hydrogen) atoms. The Morgan fingerprint density at radius 3 is 2.46 bits per heavy atom. The van der Waals surface area contributed by atoms with Crippen molar-refractivity contribution in [2.24, 2.45) is 0 Å². The Morgan fingerprint density at radius 2 is 1.71 bits per heavy atom. The van der Waals surface area contributed by atoms with Crippen LogP contribution in [0, 0.1) is 11.3 Å². The van der Waals surface area contributed by atoms with Gasteiger partial charge in [0, 0.05) is 27.5 Å². The zero-order valence-corrected chi connectivity index (χ0v) is 18.7. The van der Waals surface area contributed by atoms with E-state index in [-0.39, 0.29) is 29.9 Å². The fourth-order valence-corrected chi connectivity index (χ4v) is 3.59. The minimum absolute atomic E-state index is 0.121. The Hall–Kier alpha value is -4.81. The first-order chi connectivity index (χ1) is 17.0. The molecule has 3 N–H and O–H groups in total. The normalized spacial score (nSPS) is 11.5. The lowest BCUT2D eigenvalue weighted by molar-refractivity contribution is 0.102. The van der Waals surface area contributed by atoms with Crippen LogP contribution in [0.15, 0.2) is 71.5 Å². The summed E-state index contributed by atoms with van der Waals surface area (Å²) in [5.41, 5.74) is 1.65. The highest BCUT2D eigenvalue weighted by atomic mass is 35.5. The van der Waals surface area contributed by atoms with Crippen LogP contribution in [-0.2, 0) is 0 Å². The van der Waals surface area contributed by atoms with Crippen LogP contribution in [0.25, 0.3) is 11.3 Å². The summed E-state index contributed by atoms with van der Waals surface area (Å²) in [5, 5.41) is 15.9. The number of hydrogen-bond acceptors (Lipinski definition) is 7. The third-order valence-electron chi connectivity index (χ3n) is 5.19. The molecule has 0 bridgehead atoms. The number of carbonyl (C=O) groups is 1. The van der Waals surface area contributed by atoms with Crippen molar-refractivity contribution in [1.29, 1.82) is 5.26 Å². The van der Waals surface area contributed by atoms with Crippen LogP contribution < -0.4 is 25.7 Å². The Labute approximate surface area is 203 Å². The number of H-pyrrole nitrogens is 1. The predicted octanol–water partition coefficient (Wildman–Crippen LogP) is 4.69. The highest BCUT2D eigenvalue weighted by molar-refractivity contribution is 6.30. The fraction of sp³-hybridized carbons (Fsp3) is 0.0400. The highest BCUT2D eigenvalue weighted by Gasteiger charge is 2.17. The molecule has 1 amide bonds. The van der Waals surface area contributed by atoms with E-state index in [1.54, 1.807) is 66.7 Å².